The number of carbonyl (C=O) groups excluding carboxylic acids is 2. The number of hydrogen-bond acceptors (Lipinski definition) is 6. The van der Waals surface area contributed by atoms with Gasteiger partial charge in [-0.1, -0.05) is 17.3 Å². The van der Waals surface area contributed by atoms with E-state index >= 15 is 0 Å². The van der Waals surface area contributed by atoms with Crippen LogP contribution in [0.3, 0.4) is 0 Å². The fraction of sp³-hybridized carbons (Fsp3) is 0.389. The number of carbonyl (C=O) groups is 2. The van der Waals surface area contributed by atoms with Crippen molar-refractivity contribution in [3.05, 3.63) is 47.2 Å². The third-order valence-corrected chi connectivity index (χ3v) is 4.37. The summed E-state index contributed by atoms with van der Waals surface area (Å²) in [4.78, 5) is 27.6. The van der Waals surface area contributed by atoms with Crippen LogP contribution in [0.2, 0.25) is 0 Å². The predicted molar refractivity (Wildman–Crippen MR) is 96.5 cm³/mol. The van der Waals surface area contributed by atoms with Crippen LogP contribution in [0.1, 0.15) is 21.7 Å². The third-order valence-electron chi connectivity index (χ3n) is 4.37. The van der Waals surface area contributed by atoms with E-state index in [0.717, 1.165) is 38.3 Å². The zero-order valence-corrected chi connectivity index (χ0v) is 14.8. The van der Waals surface area contributed by atoms with Gasteiger partial charge in [0.25, 0.3) is 0 Å². The molecule has 1 aliphatic heterocycles. The van der Waals surface area contributed by atoms with Crippen molar-refractivity contribution < 1.29 is 14.1 Å². The first kappa shape index (κ1) is 18.1. The highest BCUT2D eigenvalue weighted by atomic mass is 16.5. The summed E-state index contributed by atoms with van der Waals surface area (Å²) < 4.78 is 4.94. The molecule has 2 heterocycles. The van der Waals surface area contributed by atoms with Gasteiger partial charge in [0, 0.05) is 44.4 Å². The average Bonchev–Trinajstić information content (AvgIpc) is 3.02. The van der Waals surface area contributed by atoms with Gasteiger partial charge in [0.15, 0.2) is 5.82 Å². The molecule has 3 rings (SSSR count). The largest absolute Gasteiger partial charge is 0.366 e. The Bertz CT molecular complexity index is 763. The number of aromatic nitrogens is 1. The molecule has 1 aromatic carbocycles. The number of aryl methyl sites for hydroxylation is 1. The van der Waals surface area contributed by atoms with E-state index in [1.165, 1.54) is 0 Å². The smallest absolute Gasteiger partial charge is 0.248 e. The van der Waals surface area contributed by atoms with Crippen LogP contribution in [0.4, 0.5) is 5.82 Å². The molecule has 3 N–H and O–H groups in total. The van der Waals surface area contributed by atoms with Crippen molar-refractivity contribution in [2.24, 2.45) is 5.73 Å². The molecular weight excluding hydrogens is 334 g/mol. The predicted octanol–water partition coefficient (Wildman–Crippen LogP) is 0.838. The summed E-state index contributed by atoms with van der Waals surface area (Å²) >= 11 is 0. The summed E-state index contributed by atoms with van der Waals surface area (Å²) in [6.45, 7) is 6.35. The molecule has 0 spiro atoms. The van der Waals surface area contributed by atoms with E-state index in [0.29, 0.717) is 23.7 Å². The number of primary amides is 1. The maximum atomic E-state index is 12.1. The van der Waals surface area contributed by atoms with E-state index in [2.05, 4.69) is 20.3 Å². The van der Waals surface area contributed by atoms with Crippen LogP contribution in [-0.4, -0.2) is 59.5 Å². The molecule has 1 aliphatic rings. The molecule has 2 amide bonds. The van der Waals surface area contributed by atoms with Gasteiger partial charge >= 0.3 is 0 Å². The van der Waals surface area contributed by atoms with E-state index in [1.54, 1.807) is 25.1 Å². The molecule has 26 heavy (non-hydrogen) atoms. The summed E-state index contributed by atoms with van der Waals surface area (Å²) in [7, 11) is 0. The molecule has 0 aliphatic carbocycles. The van der Waals surface area contributed by atoms with Gasteiger partial charge in [-0.15, -0.1) is 0 Å². The van der Waals surface area contributed by atoms with E-state index in [4.69, 9.17) is 10.3 Å². The molecule has 0 bridgehead atoms. The highest BCUT2D eigenvalue weighted by Crippen LogP contribution is 2.11. The normalized spacial score (nSPS) is 15.7. The molecule has 0 unspecified atom stereocenters. The van der Waals surface area contributed by atoms with Gasteiger partial charge in [0.2, 0.25) is 11.8 Å². The van der Waals surface area contributed by atoms with E-state index in [1.807, 2.05) is 12.1 Å². The van der Waals surface area contributed by atoms with E-state index in [9.17, 15) is 9.59 Å². The van der Waals surface area contributed by atoms with Crippen LogP contribution in [0, 0.1) is 6.92 Å². The monoisotopic (exact) mass is 357 g/mol. The Morgan fingerprint density at radius 2 is 1.81 bits per heavy atom. The standard InChI is InChI=1S/C18H23N5O3/c1-13-10-16(21-26-13)20-17(24)12-23-8-6-22(7-9-23)11-14-2-4-15(5-3-14)18(19)25/h2-5,10H,6-9,11-12H2,1H3,(H2,19,25)(H,20,21,24). The minimum atomic E-state index is -0.413. The molecule has 0 radical (unpaired) electrons. The second-order valence-corrected chi connectivity index (χ2v) is 6.48. The van der Waals surface area contributed by atoms with Gasteiger partial charge < -0.3 is 15.6 Å². The van der Waals surface area contributed by atoms with Gasteiger partial charge in [-0.2, -0.15) is 0 Å². The van der Waals surface area contributed by atoms with Crippen molar-refractivity contribution >= 4 is 17.6 Å². The number of amides is 2. The topological polar surface area (TPSA) is 105 Å². The summed E-state index contributed by atoms with van der Waals surface area (Å²) in [6.07, 6.45) is 0. The van der Waals surface area contributed by atoms with Crippen molar-refractivity contribution in [2.45, 2.75) is 13.5 Å². The zero-order valence-electron chi connectivity index (χ0n) is 14.8. The number of hydrogen-bond donors (Lipinski definition) is 2. The SMILES string of the molecule is Cc1cc(NC(=O)CN2CCN(Cc3ccc(C(N)=O)cc3)CC2)no1. The quantitative estimate of drug-likeness (QED) is 0.794. The number of rotatable bonds is 6. The van der Waals surface area contributed by atoms with Gasteiger partial charge in [-0.25, -0.2) is 0 Å². The van der Waals surface area contributed by atoms with Crippen molar-refractivity contribution in [2.75, 3.05) is 38.0 Å². The lowest BCUT2D eigenvalue weighted by Crippen LogP contribution is -2.48. The molecule has 0 saturated carbocycles. The van der Waals surface area contributed by atoms with Crippen LogP contribution in [-0.2, 0) is 11.3 Å². The van der Waals surface area contributed by atoms with Crippen LogP contribution in [0.25, 0.3) is 0 Å². The van der Waals surface area contributed by atoms with Gasteiger partial charge in [0.1, 0.15) is 5.76 Å². The zero-order chi connectivity index (χ0) is 18.5. The molecule has 8 nitrogen and oxygen atoms in total. The summed E-state index contributed by atoms with van der Waals surface area (Å²) in [6, 6.07) is 9.06. The fourth-order valence-electron chi connectivity index (χ4n) is 2.95. The Morgan fingerprint density at radius 3 is 2.38 bits per heavy atom. The van der Waals surface area contributed by atoms with Crippen molar-refractivity contribution in [1.82, 2.24) is 15.0 Å². The molecule has 0 atom stereocenters. The van der Waals surface area contributed by atoms with Gasteiger partial charge in [0.05, 0.1) is 6.54 Å². The number of piperazine rings is 1. The van der Waals surface area contributed by atoms with E-state index in [-0.39, 0.29) is 5.91 Å². The van der Waals surface area contributed by atoms with Crippen LogP contribution < -0.4 is 11.1 Å². The molecular formula is C18H23N5O3. The Hall–Kier alpha value is -2.71. The van der Waals surface area contributed by atoms with Crippen molar-refractivity contribution in [3.8, 4) is 0 Å². The fourth-order valence-corrected chi connectivity index (χ4v) is 2.95. The lowest BCUT2D eigenvalue weighted by Gasteiger charge is -2.34. The Balaban J connectivity index is 1.42. The van der Waals surface area contributed by atoms with Crippen LogP contribution in [0.5, 0.6) is 0 Å². The summed E-state index contributed by atoms with van der Waals surface area (Å²) in [5.41, 5.74) is 6.92. The first-order valence-electron chi connectivity index (χ1n) is 8.56. The second kappa shape index (κ2) is 8.11. The minimum absolute atomic E-state index is 0.0891. The number of nitrogens with two attached hydrogens (primary N) is 1. The summed E-state index contributed by atoms with van der Waals surface area (Å²) in [5, 5.41) is 6.50. The Labute approximate surface area is 151 Å². The highest BCUT2D eigenvalue weighted by Gasteiger charge is 2.19. The Morgan fingerprint density at radius 1 is 1.15 bits per heavy atom. The molecule has 1 fully saturated rings. The average molecular weight is 357 g/mol. The van der Waals surface area contributed by atoms with E-state index < -0.39 is 5.91 Å². The number of nitrogens with zero attached hydrogens (tertiary/aromatic N) is 3. The maximum absolute atomic E-state index is 12.1. The molecule has 138 valence electrons. The first-order valence-corrected chi connectivity index (χ1v) is 8.56. The van der Waals surface area contributed by atoms with Crippen molar-refractivity contribution in [3.63, 3.8) is 0 Å². The second-order valence-electron chi connectivity index (χ2n) is 6.48. The lowest BCUT2D eigenvalue weighted by atomic mass is 10.1. The van der Waals surface area contributed by atoms with Crippen LogP contribution in [0.15, 0.2) is 34.9 Å². The number of anilines is 1. The minimum Gasteiger partial charge on any atom is -0.366 e. The molecule has 8 heteroatoms. The highest BCUT2D eigenvalue weighted by molar-refractivity contribution is 5.92. The van der Waals surface area contributed by atoms with Crippen molar-refractivity contribution in [1.29, 1.82) is 0 Å². The third kappa shape index (κ3) is 4.90. The van der Waals surface area contributed by atoms with Gasteiger partial charge in [-0.05, 0) is 24.6 Å². The lowest BCUT2D eigenvalue weighted by molar-refractivity contribution is -0.117. The number of nitrogens with one attached hydrogen (secondary N) is 1. The van der Waals surface area contributed by atoms with Crippen LogP contribution >= 0.6 is 0 Å². The first-order chi connectivity index (χ1) is 12.5. The molecule has 1 aromatic heterocycles. The number of benzene rings is 1. The Kier molecular flexibility index (Phi) is 5.65. The summed E-state index contributed by atoms with van der Waals surface area (Å²) in [5.74, 6) is 0.612. The van der Waals surface area contributed by atoms with Gasteiger partial charge in [-0.3, -0.25) is 19.4 Å². The molecule has 1 saturated heterocycles. The maximum Gasteiger partial charge on any atom is 0.248 e. The molecule has 2 aromatic rings.